The van der Waals surface area contributed by atoms with Gasteiger partial charge in [0, 0.05) is 24.1 Å². The number of aryl methyl sites for hydroxylation is 1. The van der Waals surface area contributed by atoms with E-state index in [2.05, 4.69) is 18.4 Å². The van der Waals surface area contributed by atoms with Gasteiger partial charge in [-0.25, -0.2) is 4.57 Å². The highest BCUT2D eigenvalue weighted by molar-refractivity contribution is 6.11. The van der Waals surface area contributed by atoms with Crippen molar-refractivity contribution in [2.24, 2.45) is 0 Å². The zero-order valence-corrected chi connectivity index (χ0v) is 28.6. The number of pyridine rings is 1. The number of imide groups is 1. The fourth-order valence-electron chi connectivity index (χ4n) is 5.68. The van der Waals surface area contributed by atoms with E-state index < -0.39 is 11.8 Å². The minimum atomic E-state index is -0.427. The van der Waals surface area contributed by atoms with Crippen molar-refractivity contribution in [2.45, 2.75) is 110 Å². The van der Waals surface area contributed by atoms with Crippen molar-refractivity contribution in [1.29, 1.82) is 0 Å². The summed E-state index contributed by atoms with van der Waals surface area (Å²) in [5.74, 6) is 0.634. The molecular weight excluding hydrogens is 576 g/mol. The van der Waals surface area contributed by atoms with Gasteiger partial charge in [-0.2, -0.15) is 0 Å². The van der Waals surface area contributed by atoms with Crippen molar-refractivity contribution < 1.29 is 28.4 Å². The lowest BCUT2D eigenvalue weighted by molar-refractivity contribution is -0.704. The molecule has 0 saturated carbocycles. The number of carbonyl (C=O) groups is 2. The van der Waals surface area contributed by atoms with Gasteiger partial charge in [0.05, 0.1) is 26.4 Å². The highest BCUT2D eigenvalue weighted by atomic mass is 16.5. The second-order valence-electron chi connectivity index (χ2n) is 11.9. The molecule has 3 rings (SSSR count). The van der Waals surface area contributed by atoms with Crippen molar-refractivity contribution in [3.63, 3.8) is 0 Å². The predicted molar refractivity (Wildman–Crippen MR) is 184 cm³/mol. The summed E-state index contributed by atoms with van der Waals surface area (Å²) >= 11 is 0. The smallest absolute Gasteiger partial charge is 0.265 e. The van der Waals surface area contributed by atoms with Crippen LogP contribution in [0.25, 0.3) is 0 Å². The molecular formula is C39H55N2O5+. The molecule has 0 aliphatic heterocycles. The van der Waals surface area contributed by atoms with Gasteiger partial charge >= 0.3 is 0 Å². The molecule has 0 atom stereocenters. The molecule has 0 bridgehead atoms. The summed E-state index contributed by atoms with van der Waals surface area (Å²) in [5.41, 5.74) is 1.54. The van der Waals surface area contributed by atoms with E-state index >= 15 is 0 Å². The number of carbonyl (C=O) groups excluding carboxylic acids is 2. The van der Waals surface area contributed by atoms with E-state index in [9.17, 15) is 9.59 Å². The van der Waals surface area contributed by atoms with Crippen LogP contribution in [0, 0.1) is 0 Å². The van der Waals surface area contributed by atoms with E-state index in [1.165, 1.54) is 76.2 Å². The van der Waals surface area contributed by atoms with Crippen LogP contribution >= 0.6 is 0 Å². The highest BCUT2D eigenvalue weighted by Gasteiger charge is 2.30. The van der Waals surface area contributed by atoms with Crippen LogP contribution in [0.1, 0.15) is 124 Å². The number of amides is 2. The van der Waals surface area contributed by atoms with Crippen LogP contribution < -0.4 is 18.8 Å². The van der Waals surface area contributed by atoms with Crippen LogP contribution in [0.4, 0.5) is 0 Å². The van der Waals surface area contributed by atoms with E-state index in [0.29, 0.717) is 35.0 Å². The lowest BCUT2D eigenvalue weighted by Crippen LogP contribution is -2.44. The van der Waals surface area contributed by atoms with Crippen LogP contribution in [-0.2, 0) is 13.1 Å². The fourth-order valence-corrected chi connectivity index (χ4v) is 5.68. The Labute approximate surface area is 276 Å². The Morgan fingerprint density at radius 1 is 0.652 bits per heavy atom. The lowest BCUT2D eigenvalue weighted by Gasteiger charge is -2.22. The Morgan fingerprint density at radius 2 is 1.28 bits per heavy atom. The summed E-state index contributed by atoms with van der Waals surface area (Å²) in [6.45, 7) is 5.79. The normalized spacial score (nSPS) is 10.9. The minimum absolute atomic E-state index is 0.109. The van der Waals surface area contributed by atoms with E-state index in [1.54, 1.807) is 49.6 Å². The van der Waals surface area contributed by atoms with Gasteiger partial charge in [-0.3, -0.25) is 14.5 Å². The number of para-hydroxylation sites is 1. The van der Waals surface area contributed by atoms with Crippen molar-refractivity contribution >= 4 is 11.8 Å². The third-order valence-electron chi connectivity index (χ3n) is 8.31. The Bertz CT molecular complexity index is 1340. The SMILES string of the molecule is CCCCCCCCCCCCCCOc1cc(C(=O)N(Cc2cccc[n+]2CCC)C(=O)c2ccccc2OC)ccc1OC. The lowest BCUT2D eigenvalue weighted by atomic mass is 10.1. The predicted octanol–water partition coefficient (Wildman–Crippen LogP) is 8.96. The third kappa shape index (κ3) is 11.5. The van der Waals surface area contributed by atoms with Gasteiger partial charge in [-0.05, 0) is 36.8 Å². The maximum absolute atomic E-state index is 14.1. The monoisotopic (exact) mass is 631 g/mol. The zero-order valence-electron chi connectivity index (χ0n) is 28.6. The molecule has 1 aromatic heterocycles. The van der Waals surface area contributed by atoms with Gasteiger partial charge in [-0.1, -0.05) is 103 Å². The first-order valence-electron chi connectivity index (χ1n) is 17.3. The third-order valence-corrected chi connectivity index (χ3v) is 8.31. The van der Waals surface area contributed by atoms with Crippen LogP contribution in [-0.4, -0.2) is 37.5 Å². The van der Waals surface area contributed by atoms with E-state index in [0.717, 1.165) is 31.5 Å². The Kier molecular flexibility index (Phi) is 16.7. The number of methoxy groups -OCH3 is 2. The Balaban J connectivity index is 1.67. The van der Waals surface area contributed by atoms with Gasteiger partial charge in [0.2, 0.25) is 5.69 Å². The molecule has 7 nitrogen and oxygen atoms in total. The minimum Gasteiger partial charge on any atom is -0.496 e. The molecule has 2 aromatic carbocycles. The van der Waals surface area contributed by atoms with Crippen molar-refractivity contribution in [3.05, 3.63) is 83.7 Å². The molecule has 1 heterocycles. The first-order valence-corrected chi connectivity index (χ1v) is 17.3. The summed E-state index contributed by atoms with van der Waals surface area (Å²) in [5, 5.41) is 0. The van der Waals surface area contributed by atoms with Gasteiger partial charge in [-0.15, -0.1) is 0 Å². The van der Waals surface area contributed by atoms with Gasteiger partial charge < -0.3 is 14.2 Å². The maximum atomic E-state index is 14.1. The average molecular weight is 632 g/mol. The van der Waals surface area contributed by atoms with Gasteiger partial charge in [0.25, 0.3) is 11.8 Å². The molecule has 46 heavy (non-hydrogen) atoms. The van der Waals surface area contributed by atoms with Crippen molar-refractivity contribution in [1.82, 2.24) is 4.90 Å². The molecule has 0 unspecified atom stereocenters. The standard InChI is InChI=1S/C39H55N2O5/c1-5-7-8-9-10-11-12-13-14-15-16-21-29-46-37-30-32(25-26-36(37)45-4)38(42)41(31-33-22-19-20-28-40(33)27-6-2)39(43)34-23-17-18-24-35(34)44-3/h17-20,22-26,28,30H,5-16,21,27,29,31H2,1-4H3/q+1. The highest BCUT2D eigenvalue weighted by Crippen LogP contribution is 2.30. The zero-order chi connectivity index (χ0) is 33.0. The van der Waals surface area contributed by atoms with Gasteiger partial charge in [0.15, 0.2) is 17.7 Å². The topological polar surface area (TPSA) is 69.0 Å². The maximum Gasteiger partial charge on any atom is 0.265 e. The first kappa shape index (κ1) is 36.6. The van der Waals surface area contributed by atoms with Crippen LogP contribution in [0.2, 0.25) is 0 Å². The fraction of sp³-hybridized carbons (Fsp3) is 0.513. The van der Waals surface area contributed by atoms with Crippen molar-refractivity contribution in [3.8, 4) is 17.2 Å². The molecule has 0 radical (unpaired) electrons. The molecule has 7 heteroatoms. The van der Waals surface area contributed by atoms with Crippen LogP contribution in [0.3, 0.4) is 0 Å². The number of ether oxygens (including phenoxy) is 3. The first-order chi connectivity index (χ1) is 22.5. The number of hydrogen-bond donors (Lipinski definition) is 0. The van der Waals surface area contributed by atoms with Gasteiger partial charge in [0.1, 0.15) is 18.8 Å². The van der Waals surface area contributed by atoms with Crippen LogP contribution in [0.5, 0.6) is 17.2 Å². The largest absolute Gasteiger partial charge is 0.496 e. The number of rotatable bonds is 22. The Morgan fingerprint density at radius 3 is 1.93 bits per heavy atom. The average Bonchev–Trinajstić information content (AvgIpc) is 3.09. The molecule has 0 saturated heterocycles. The molecule has 0 fully saturated rings. The van der Waals surface area contributed by atoms with Crippen molar-refractivity contribution in [2.75, 3.05) is 20.8 Å². The summed E-state index contributed by atoms with van der Waals surface area (Å²) in [6, 6.07) is 17.9. The Hall–Kier alpha value is -3.87. The van der Waals surface area contributed by atoms with E-state index in [4.69, 9.17) is 14.2 Å². The molecule has 0 N–H and O–H groups in total. The number of benzene rings is 2. The second kappa shape index (κ2) is 21.0. The molecule has 3 aromatic rings. The molecule has 250 valence electrons. The quantitative estimate of drug-likeness (QED) is 0.0629. The molecule has 0 spiro atoms. The number of hydrogen-bond acceptors (Lipinski definition) is 5. The number of aromatic nitrogens is 1. The number of unbranched alkanes of at least 4 members (excludes halogenated alkanes) is 11. The number of nitrogens with zero attached hydrogens (tertiary/aromatic N) is 2. The van der Waals surface area contributed by atoms with E-state index in [1.807, 2.05) is 24.4 Å². The molecule has 0 aliphatic rings. The van der Waals surface area contributed by atoms with E-state index in [-0.39, 0.29) is 6.54 Å². The summed E-state index contributed by atoms with van der Waals surface area (Å²) in [4.78, 5) is 29.4. The summed E-state index contributed by atoms with van der Waals surface area (Å²) in [7, 11) is 3.11. The summed E-state index contributed by atoms with van der Waals surface area (Å²) < 4.78 is 19.2. The molecule has 0 aliphatic carbocycles. The summed E-state index contributed by atoms with van der Waals surface area (Å²) in [6.07, 6.45) is 18.2. The van der Waals surface area contributed by atoms with Crippen LogP contribution in [0.15, 0.2) is 66.9 Å². The molecule has 2 amide bonds. The second-order valence-corrected chi connectivity index (χ2v) is 11.9.